The number of carbonyl (C=O) groups is 1. The molecule has 1 amide bonds. The van der Waals surface area contributed by atoms with Crippen molar-refractivity contribution in [2.75, 3.05) is 22.7 Å². The molecule has 1 aromatic heterocycles. The number of nitrogens with zero attached hydrogens (tertiary/aromatic N) is 3. The summed E-state index contributed by atoms with van der Waals surface area (Å²) in [5.74, 6) is -0.320. The molecule has 35 heavy (non-hydrogen) atoms. The van der Waals surface area contributed by atoms with Crippen LogP contribution in [0.15, 0.2) is 58.9 Å². The first-order valence-electron chi connectivity index (χ1n) is 11.6. The molecule has 7 nitrogen and oxygen atoms in total. The minimum absolute atomic E-state index is 0.0276. The first-order chi connectivity index (χ1) is 16.7. The van der Waals surface area contributed by atoms with Gasteiger partial charge >= 0.3 is 0 Å². The van der Waals surface area contributed by atoms with Crippen LogP contribution in [0, 0.1) is 12.7 Å². The largest absolute Gasteiger partial charge is 0.360 e. The van der Waals surface area contributed by atoms with Gasteiger partial charge in [-0.3, -0.25) is 9.52 Å². The Kier molecular flexibility index (Phi) is 7.42. The lowest BCUT2D eigenvalue weighted by molar-refractivity contribution is -0.133. The molecule has 186 valence electrons. The summed E-state index contributed by atoms with van der Waals surface area (Å²) in [6.07, 6.45) is 3.19. The maximum Gasteiger partial charge on any atom is 0.263 e. The number of aromatic nitrogens is 1. The second-order valence-corrected chi connectivity index (χ2v) is 11.1. The summed E-state index contributed by atoms with van der Waals surface area (Å²) < 4.78 is 41.9. The fourth-order valence-electron chi connectivity index (χ4n) is 4.63. The van der Waals surface area contributed by atoms with Gasteiger partial charge in [-0.15, -0.1) is 11.3 Å². The van der Waals surface area contributed by atoms with Gasteiger partial charge in [0.1, 0.15) is 11.9 Å². The van der Waals surface area contributed by atoms with Gasteiger partial charge in [0, 0.05) is 35.9 Å². The molecule has 0 bridgehead atoms. The number of halogens is 1. The van der Waals surface area contributed by atoms with Gasteiger partial charge in [0.2, 0.25) is 5.91 Å². The molecular formula is C25H29FN4O3S2. The van der Waals surface area contributed by atoms with E-state index in [2.05, 4.69) is 9.71 Å². The molecule has 1 aliphatic heterocycles. The standard InChI is InChI=1S/C25H29FN4O3S2/c1-4-29(22-8-5-7-21(26)17(22)2)18(3)24(31)30-15-6-9-23(30)19-10-12-20(13-11-19)35(32,33)28-25-27-14-16-34-25/h5,7-8,10-14,16,18,23H,4,6,9,15H2,1-3H3,(H,27,28)/t18-,23?/m1/s1. The molecule has 0 spiro atoms. The number of anilines is 2. The Hall–Kier alpha value is -2.98. The van der Waals surface area contributed by atoms with E-state index < -0.39 is 16.1 Å². The van der Waals surface area contributed by atoms with Crippen molar-refractivity contribution in [1.82, 2.24) is 9.88 Å². The van der Waals surface area contributed by atoms with E-state index in [-0.39, 0.29) is 22.7 Å². The van der Waals surface area contributed by atoms with Crippen molar-refractivity contribution in [3.63, 3.8) is 0 Å². The summed E-state index contributed by atoms with van der Waals surface area (Å²) in [5, 5.41) is 2.01. The van der Waals surface area contributed by atoms with Crippen LogP contribution >= 0.6 is 11.3 Å². The van der Waals surface area contributed by atoms with Crippen LogP contribution in [0.25, 0.3) is 0 Å². The van der Waals surface area contributed by atoms with Gasteiger partial charge in [0.05, 0.1) is 10.9 Å². The van der Waals surface area contributed by atoms with Crippen LogP contribution in [0.4, 0.5) is 15.2 Å². The SMILES string of the molecule is CCN(c1cccc(F)c1C)[C@H](C)C(=O)N1CCCC1c1ccc(S(=O)(=O)Nc2nccs2)cc1. The third-order valence-electron chi connectivity index (χ3n) is 6.48. The number of benzene rings is 2. The molecule has 10 heteroatoms. The summed E-state index contributed by atoms with van der Waals surface area (Å²) in [4.78, 5) is 21.5. The highest BCUT2D eigenvalue weighted by molar-refractivity contribution is 7.93. The number of thiazole rings is 1. The average Bonchev–Trinajstić information content (AvgIpc) is 3.54. The van der Waals surface area contributed by atoms with E-state index in [1.807, 2.05) is 29.7 Å². The number of likely N-dealkylation sites (tertiary alicyclic amines) is 1. The Bertz CT molecular complexity index is 1280. The number of amides is 1. The smallest absolute Gasteiger partial charge is 0.263 e. The van der Waals surface area contributed by atoms with Gasteiger partial charge in [0.15, 0.2) is 5.13 Å². The lowest BCUT2D eigenvalue weighted by atomic mass is 10.0. The summed E-state index contributed by atoms with van der Waals surface area (Å²) >= 11 is 1.21. The van der Waals surface area contributed by atoms with Crippen molar-refractivity contribution < 1.29 is 17.6 Å². The van der Waals surface area contributed by atoms with Crippen LogP contribution in [0.2, 0.25) is 0 Å². The number of carbonyl (C=O) groups excluding carboxylic acids is 1. The molecule has 2 atom stereocenters. The number of hydrogen-bond acceptors (Lipinski definition) is 6. The second-order valence-electron chi connectivity index (χ2n) is 8.55. The van der Waals surface area contributed by atoms with Gasteiger partial charge in [-0.25, -0.2) is 17.8 Å². The van der Waals surface area contributed by atoms with E-state index in [4.69, 9.17) is 0 Å². The van der Waals surface area contributed by atoms with E-state index in [1.165, 1.54) is 23.6 Å². The zero-order valence-corrected chi connectivity index (χ0v) is 21.6. The lowest BCUT2D eigenvalue weighted by Gasteiger charge is -2.35. The van der Waals surface area contributed by atoms with Crippen LogP contribution < -0.4 is 9.62 Å². The topological polar surface area (TPSA) is 82.6 Å². The number of sulfonamides is 1. The van der Waals surface area contributed by atoms with Gasteiger partial charge in [0.25, 0.3) is 10.0 Å². The Labute approximate surface area is 209 Å². The zero-order chi connectivity index (χ0) is 25.2. The fraction of sp³-hybridized carbons (Fsp3) is 0.360. The Morgan fingerprint density at radius 3 is 2.69 bits per heavy atom. The van der Waals surface area contributed by atoms with Crippen molar-refractivity contribution in [3.8, 4) is 0 Å². The molecule has 4 rings (SSSR count). The maximum absolute atomic E-state index is 14.2. The normalized spacial score (nSPS) is 16.8. The van der Waals surface area contributed by atoms with E-state index in [0.717, 1.165) is 18.4 Å². The summed E-state index contributed by atoms with van der Waals surface area (Å²) in [7, 11) is -3.74. The number of likely N-dealkylation sites (N-methyl/N-ethyl adjacent to an activating group) is 1. The molecule has 1 N–H and O–H groups in total. The highest BCUT2D eigenvalue weighted by Crippen LogP contribution is 2.34. The van der Waals surface area contributed by atoms with Crippen molar-refractivity contribution in [2.45, 2.75) is 50.6 Å². The molecule has 1 fully saturated rings. The van der Waals surface area contributed by atoms with Crippen LogP contribution in [0.3, 0.4) is 0 Å². The summed E-state index contributed by atoms with van der Waals surface area (Å²) in [6, 6.07) is 11.0. The quantitative estimate of drug-likeness (QED) is 0.457. The van der Waals surface area contributed by atoms with Crippen LogP contribution in [-0.2, 0) is 14.8 Å². The number of nitrogens with one attached hydrogen (secondary N) is 1. The molecule has 0 radical (unpaired) electrons. The molecule has 1 aliphatic rings. The number of hydrogen-bond donors (Lipinski definition) is 1. The van der Waals surface area contributed by atoms with Gasteiger partial charge < -0.3 is 9.80 Å². The molecule has 1 saturated heterocycles. The molecule has 0 aliphatic carbocycles. The van der Waals surface area contributed by atoms with Gasteiger partial charge in [-0.05, 0) is 63.4 Å². The minimum Gasteiger partial charge on any atom is -0.360 e. The first-order valence-corrected chi connectivity index (χ1v) is 13.9. The second kappa shape index (κ2) is 10.3. The van der Waals surface area contributed by atoms with Crippen molar-refractivity contribution >= 4 is 38.1 Å². The predicted molar refractivity (Wildman–Crippen MR) is 137 cm³/mol. The molecule has 0 saturated carbocycles. The zero-order valence-electron chi connectivity index (χ0n) is 19.9. The summed E-state index contributed by atoms with van der Waals surface area (Å²) in [5.41, 5.74) is 2.13. The van der Waals surface area contributed by atoms with Crippen molar-refractivity contribution in [1.29, 1.82) is 0 Å². The fourth-order valence-corrected chi connectivity index (χ4v) is 6.42. The van der Waals surface area contributed by atoms with Crippen LogP contribution in [-0.4, -0.2) is 43.3 Å². The predicted octanol–water partition coefficient (Wildman–Crippen LogP) is 4.97. The Morgan fingerprint density at radius 1 is 1.29 bits per heavy atom. The molecule has 2 heterocycles. The van der Waals surface area contributed by atoms with E-state index in [1.54, 1.807) is 42.6 Å². The Morgan fingerprint density at radius 2 is 2.03 bits per heavy atom. The van der Waals surface area contributed by atoms with E-state index in [9.17, 15) is 17.6 Å². The minimum atomic E-state index is -3.74. The maximum atomic E-state index is 14.2. The highest BCUT2D eigenvalue weighted by atomic mass is 32.2. The third-order valence-corrected chi connectivity index (χ3v) is 8.65. The highest BCUT2D eigenvalue weighted by Gasteiger charge is 2.35. The molecule has 3 aromatic rings. The molecule has 1 unspecified atom stereocenters. The average molecular weight is 517 g/mol. The van der Waals surface area contributed by atoms with Crippen LogP contribution in [0.5, 0.6) is 0 Å². The lowest BCUT2D eigenvalue weighted by Crippen LogP contribution is -2.47. The van der Waals surface area contributed by atoms with Crippen molar-refractivity contribution in [3.05, 3.63) is 71.0 Å². The van der Waals surface area contributed by atoms with E-state index >= 15 is 0 Å². The molecule has 2 aromatic carbocycles. The molecular weight excluding hydrogens is 487 g/mol. The monoisotopic (exact) mass is 516 g/mol. The Balaban J connectivity index is 1.52. The van der Waals surface area contributed by atoms with E-state index in [0.29, 0.717) is 29.5 Å². The first kappa shape index (κ1) is 25.1. The van der Waals surface area contributed by atoms with Gasteiger partial charge in [-0.2, -0.15) is 0 Å². The van der Waals surface area contributed by atoms with Gasteiger partial charge in [-0.1, -0.05) is 18.2 Å². The summed E-state index contributed by atoms with van der Waals surface area (Å²) in [6.45, 7) is 6.72. The van der Waals surface area contributed by atoms with Crippen molar-refractivity contribution in [2.24, 2.45) is 0 Å². The van der Waals surface area contributed by atoms with Crippen LogP contribution in [0.1, 0.15) is 43.9 Å². The number of rotatable bonds is 8. The third kappa shape index (κ3) is 5.18.